The van der Waals surface area contributed by atoms with E-state index in [4.69, 9.17) is 15.1 Å². The third-order valence-electron chi connectivity index (χ3n) is 2.01. The number of aliphatic carboxylic acids is 1. The molecule has 0 heterocycles. The van der Waals surface area contributed by atoms with Gasteiger partial charge in [-0.25, -0.2) is 0 Å². The number of benzene rings is 1. The fraction of sp³-hybridized carbons (Fsp3) is 0.333. The van der Waals surface area contributed by atoms with E-state index in [9.17, 15) is 4.79 Å². The van der Waals surface area contributed by atoms with Crippen LogP contribution in [-0.2, 0) is 11.2 Å². The fourth-order valence-electron chi connectivity index (χ4n) is 1.30. The van der Waals surface area contributed by atoms with Gasteiger partial charge in [0.05, 0.1) is 18.9 Å². The molecule has 0 aliphatic heterocycles. The Bertz CT molecular complexity index is 392. The summed E-state index contributed by atoms with van der Waals surface area (Å²) in [4.78, 5) is 10.4. The van der Waals surface area contributed by atoms with Crippen molar-refractivity contribution in [2.75, 3.05) is 0 Å². The number of hydrogen-bond donors (Lipinski definition) is 1. The average Bonchev–Trinajstić information content (AvgIpc) is 2.20. The minimum Gasteiger partial charge on any atom is -0.490 e. The molecule has 16 heavy (non-hydrogen) atoms. The summed E-state index contributed by atoms with van der Waals surface area (Å²) in [5.74, 6) is -0.260. The van der Waals surface area contributed by atoms with E-state index in [2.05, 4.69) is 6.07 Å². The van der Waals surface area contributed by atoms with Crippen LogP contribution in [0.15, 0.2) is 24.3 Å². The van der Waals surface area contributed by atoms with Crippen LogP contribution in [0.1, 0.15) is 18.9 Å². The van der Waals surface area contributed by atoms with Gasteiger partial charge in [-0.05, 0) is 24.6 Å². The number of nitriles is 1. The molecule has 0 unspecified atom stereocenters. The van der Waals surface area contributed by atoms with Gasteiger partial charge in [0.2, 0.25) is 0 Å². The van der Waals surface area contributed by atoms with Crippen LogP contribution in [-0.4, -0.2) is 17.2 Å². The molecule has 0 aliphatic rings. The molecule has 0 amide bonds. The molecule has 0 bridgehead atoms. The van der Waals surface area contributed by atoms with Gasteiger partial charge >= 0.3 is 5.97 Å². The molecule has 1 aromatic rings. The van der Waals surface area contributed by atoms with Crippen LogP contribution in [0, 0.1) is 11.3 Å². The Labute approximate surface area is 94.1 Å². The molecule has 0 aromatic heterocycles. The number of carboxylic acids is 1. The van der Waals surface area contributed by atoms with Crippen LogP contribution < -0.4 is 4.74 Å². The van der Waals surface area contributed by atoms with Crippen LogP contribution in [0.5, 0.6) is 5.75 Å². The number of rotatable bonds is 5. The lowest BCUT2D eigenvalue weighted by atomic mass is 10.1. The van der Waals surface area contributed by atoms with Gasteiger partial charge in [0, 0.05) is 0 Å². The largest absolute Gasteiger partial charge is 0.490 e. The molecule has 1 atom stereocenters. The molecule has 0 aliphatic carbocycles. The number of nitrogens with zero attached hydrogens (tertiary/aromatic N) is 1. The Morgan fingerprint density at radius 3 is 2.62 bits per heavy atom. The van der Waals surface area contributed by atoms with Gasteiger partial charge in [-0.1, -0.05) is 12.1 Å². The van der Waals surface area contributed by atoms with Crippen molar-refractivity contribution in [3.8, 4) is 11.8 Å². The Kier molecular flexibility index (Phi) is 4.34. The second kappa shape index (κ2) is 5.76. The molecule has 0 saturated carbocycles. The molecule has 0 radical (unpaired) electrons. The van der Waals surface area contributed by atoms with Crippen molar-refractivity contribution < 1.29 is 14.6 Å². The van der Waals surface area contributed by atoms with Gasteiger partial charge in [-0.15, -0.1) is 0 Å². The zero-order valence-corrected chi connectivity index (χ0v) is 9.01. The first-order chi connectivity index (χ1) is 7.61. The standard InChI is InChI=1S/C12H13NO3/c1-9(8-12(14)15)16-11-4-2-10(3-5-11)6-7-13/h2-5,9H,6,8H2,1H3,(H,14,15)/t9-/m1/s1. The minimum atomic E-state index is -0.881. The summed E-state index contributed by atoms with van der Waals surface area (Å²) in [7, 11) is 0. The first kappa shape index (κ1) is 12.1. The van der Waals surface area contributed by atoms with E-state index in [0.29, 0.717) is 12.2 Å². The van der Waals surface area contributed by atoms with Crippen molar-refractivity contribution in [3.05, 3.63) is 29.8 Å². The van der Waals surface area contributed by atoms with Crippen molar-refractivity contribution in [1.29, 1.82) is 5.26 Å². The second-order valence-electron chi connectivity index (χ2n) is 3.51. The van der Waals surface area contributed by atoms with Crippen molar-refractivity contribution in [2.45, 2.75) is 25.9 Å². The van der Waals surface area contributed by atoms with Crippen molar-refractivity contribution in [3.63, 3.8) is 0 Å². The number of carbonyl (C=O) groups is 1. The highest BCUT2D eigenvalue weighted by Gasteiger charge is 2.08. The minimum absolute atomic E-state index is 0.0278. The van der Waals surface area contributed by atoms with E-state index in [1.54, 1.807) is 31.2 Å². The molecule has 1 aromatic carbocycles. The predicted molar refractivity (Wildman–Crippen MR) is 58.1 cm³/mol. The summed E-state index contributed by atoms with van der Waals surface area (Å²) < 4.78 is 5.39. The number of hydrogen-bond acceptors (Lipinski definition) is 3. The Morgan fingerprint density at radius 1 is 1.50 bits per heavy atom. The van der Waals surface area contributed by atoms with Gasteiger partial charge in [-0.3, -0.25) is 4.79 Å². The van der Waals surface area contributed by atoms with Gasteiger partial charge < -0.3 is 9.84 Å². The zero-order chi connectivity index (χ0) is 12.0. The monoisotopic (exact) mass is 219 g/mol. The maximum Gasteiger partial charge on any atom is 0.307 e. The maximum atomic E-state index is 10.4. The maximum absolute atomic E-state index is 10.4. The third kappa shape index (κ3) is 4.01. The van der Waals surface area contributed by atoms with Crippen LogP contribution in [0.25, 0.3) is 0 Å². The van der Waals surface area contributed by atoms with E-state index in [1.807, 2.05) is 0 Å². The normalized spacial score (nSPS) is 11.5. The molecule has 4 heteroatoms. The van der Waals surface area contributed by atoms with E-state index in [0.717, 1.165) is 5.56 Å². The molecule has 1 N–H and O–H groups in total. The summed E-state index contributed by atoms with van der Waals surface area (Å²) >= 11 is 0. The van der Waals surface area contributed by atoms with E-state index in [-0.39, 0.29) is 12.5 Å². The molecule has 0 spiro atoms. The van der Waals surface area contributed by atoms with Crippen molar-refractivity contribution >= 4 is 5.97 Å². The third-order valence-corrected chi connectivity index (χ3v) is 2.01. The summed E-state index contributed by atoms with van der Waals surface area (Å²) in [5, 5.41) is 17.0. The Hall–Kier alpha value is -2.02. The fourth-order valence-corrected chi connectivity index (χ4v) is 1.30. The average molecular weight is 219 g/mol. The smallest absolute Gasteiger partial charge is 0.307 e. The van der Waals surface area contributed by atoms with Crippen LogP contribution in [0.4, 0.5) is 0 Å². The summed E-state index contributed by atoms with van der Waals surface area (Å²) in [6, 6.07) is 9.13. The molecule has 1 rings (SSSR count). The molecule has 0 saturated heterocycles. The van der Waals surface area contributed by atoms with Gasteiger partial charge in [0.15, 0.2) is 0 Å². The van der Waals surface area contributed by atoms with Crippen LogP contribution in [0.2, 0.25) is 0 Å². The highest BCUT2D eigenvalue weighted by Crippen LogP contribution is 2.15. The summed E-state index contributed by atoms with van der Waals surface area (Å²) in [5.41, 5.74) is 0.917. The van der Waals surface area contributed by atoms with Gasteiger partial charge in [0.25, 0.3) is 0 Å². The molecule has 0 fully saturated rings. The second-order valence-corrected chi connectivity index (χ2v) is 3.51. The van der Waals surface area contributed by atoms with E-state index >= 15 is 0 Å². The zero-order valence-electron chi connectivity index (χ0n) is 9.01. The summed E-state index contributed by atoms with van der Waals surface area (Å²) in [6.07, 6.45) is -0.0235. The van der Waals surface area contributed by atoms with E-state index < -0.39 is 5.97 Å². The quantitative estimate of drug-likeness (QED) is 0.822. The SMILES string of the molecule is C[C@H](CC(=O)O)Oc1ccc(CC#N)cc1. The first-order valence-electron chi connectivity index (χ1n) is 4.96. The summed E-state index contributed by atoms with van der Waals surface area (Å²) in [6.45, 7) is 1.71. The molecule has 84 valence electrons. The predicted octanol–water partition coefficient (Wildman–Crippen LogP) is 1.99. The van der Waals surface area contributed by atoms with Gasteiger partial charge in [0.1, 0.15) is 11.9 Å². The van der Waals surface area contributed by atoms with E-state index in [1.165, 1.54) is 0 Å². The van der Waals surface area contributed by atoms with Crippen molar-refractivity contribution in [2.24, 2.45) is 0 Å². The highest BCUT2D eigenvalue weighted by atomic mass is 16.5. The number of carboxylic acid groups (broad SMARTS) is 1. The molecule has 4 nitrogen and oxygen atoms in total. The number of ether oxygens (including phenoxy) is 1. The van der Waals surface area contributed by atoms with Gasteiger partial charge in [-0.2, -0.15) is 5.26 Å². The molecular formula is C12H13NO3. The lowest BCUT2D eigenvalue weighted by molar-refractivity contribution is -0.138. The van der Waals surface area contributed by atoms with Crippen LogP contribution >= 0.6 is 0 Å². The topological polar surface area (TPSA) is 70.3 Å². The Balaban J connectivity index is 2.55. The Morgan fingerprint density at radius 2 is 2.12 bits per heavy atom. The lowest BCUT2D eigenvalue weighted by Gasteiger charge is -2.12. The first-order valence-corrected chi connectivity index (χ1v) is 4.96. The van der Waals surface area contributed by atoms with Crippen LogP contribution in [0.3, 0.4) is 0 Å². The highest BCUT2D eigenvalue weighted by molar-refractivity contribution is 5.67. The lowest BCUT2D eigenvalue weighted by Crippen LogP contribution is -2.16. The molecular weight excluding hydrogens is 206 g/mol. The van der Waals surface area contributed by atoms with Crippen molar-refractivity contribution in [1.82, 2.24) is 0 Å².